The highest BCUT2D eigenvalue weighted by Crippen LogP contribution is 2.27. The van der Waals surface area contributed by atoms with Crippen LogP contribution in [0.4, 0.5) is 0 Å². The number of benzene rings is 2. The first-order valence-electron chi connectivity index (χ1n) is 9.48. The second-order valence-electron chi connectivity index (χ2n) is 6.43. The molecule has 0 aliphatic rings. The van der Waals surface area contributed by atoms with Crippen LogP contribution >= 0.6 is 15.9 Å². The van der Waals surface area contributed by atoms with Crippen LogP contribution in [0.25, 0.3) is 11.3 Å². The van der Waals surface area contributed by atoms with E-state index in [2.05, 4.69) is 25.8 Å². The highest BCUT2D eigenvalue weighted by Gasteiger charge is 2.19. The Kier molecular flexibility index (Phi) is 7.47. The molecular formula is C21H22BrN3O5S. The number of nitrogens with one attached hydrogen (secondary N) is 1. The molecule has 0 aliphatic carbocycles. The van der Waals surface area contributed by atoms with E-state index in [4.69, 9.17) is 9.47 Å². The summed E-state index contributed by atoms with van der Waals surface area (Å²) in [5.74, 6) is 0.973. The SMILES string of the molecule is CCOc1ccc(-c2ccc(=O)n(CCNS(=O)(=O)c3cc(Br)ccc3OC)n2)cc1. The van der Waals surface area contributed by atoms with Gasteiger partial charge in [-0.05, 0) is 55.5 Å². The zero-order valence-corrected chi connectivity index (χ0v) is 19.4. The zero-order chi connectivity index (χ0) is 22.4. The minimum Gasteiger partial charge on any atom is -0.495 e. The van der Waals surface area contributed by atoms with Gasteiger partial charge in [0, 0.05) is 22.6 Å². The second kappa shape index (κ2) is 10.1. The normalized spacial score (nSPS) is 11.3. The summed E-state index contributed by atoms with van der Waals surface area (Å²) in [7, 11) is -2.44. The van der Waals surface area contributed by atoms with Gasteiger partial charge >= 0.3 is 0 Å². The summed E-state index contributed by atoms with van der Waals surface area (Å²) in [5.41, 5.74) is 1.09. The Morgan fingerprint density at radius 3 is 2.52 bits per heavy atom. The fourth-order valence-corrected chi connectivity index (χ4v) is 4.60. The van der Waals surface area contributed by atoms with Gasteiger partial charge in [-0.1, -0.05) is 15.9 Å². The standard InChI is InChI=1S/C21H22BrN3O5S/c1-3-30-17-7-4-15(5-8-17)18-9-11-21(26)25(24-18)13-12-23-31(27,28)20-14-16(22)6-10-19(20)29-2/h4-11,14,23H,3,12-13H2,1-2H3. The summed E-state index contributed by atoms with van der Waals surface area (Å²) >= 11 is 3.26. The molecule has 0 bridgehead atoms. The highest BCUT2D eigenvalue weighted by molar-refractivity contribution is 9.10. The van der Waals surface area contributed by atoms with Crippen molar-refractivity contribution in [3.63, 3.8) is 0 Å². The van der Waals surface area contributed by atoms with Gasteiger partial charge in [0.2, 0.25) is 10.0 Å². The predicted octanol–water partition coefficient (Wildman–Crippen LogP) is 3.06. The van der Waals surface area contributed by atoms with Crippen molar-refractivity contribution in [3.05, 3.63) is 69.4 Å². The number of hydrogen-bond donors (Lipinski definition) is 1. The molecule has 2 aromatic carbocycles. The van der Waals surface area contributed by atoms with Crippen LogP contribution in [0.2, 0.25) is 0 Å². The van der Waals surface area contributed by atoms with Crippen LogP contribution in [0.1, 0.15) is 6.92 Å². The summed E-state index contributed by atoms with van der Waals surface area (Å²) in [6.45, 7) is 2.54. The molecule has 0 radical (unpaired) electrons. The van der Waals surface area contributed by atoms with Crippen molar-refractivity contribution in [1.29, 1.82) is 0 Å². The maximum Gasteiger partial charge on any atom is 0.266 e. The van der Waals surface area contributed by atoms with Gasteiger partial charge in [-0.25, -0.2) is 17.8 Å². The minimum absolute atomic E-state index is 0.00724. The molecule has 10 heteroatoms. The number of rotatable bonds is 9. The lowest BCUT2D eigenvalue weighted by Gasteiger charge is -2.12. The van der Waals surface area contributed by atoms with Gasteiger partial charge in [0.1, 0.15) is 16.4 Å². The van der Waals surface area contributed by atoms with Gasteiger partial charge in [0.05, 0.1) is 26.0 Å². The molecule has 0 aliphatic heterocycles. The molecule has 1 aromatic heterocycles. The Hall–Kier alpha value is -2.69. The van der Waals surface area contributed by atoms with Crippen molar-refractivity contribution >= 4 is 26.0 Å². The molecule has 8 nitrogen and oxygen atoms in total. The molecular weight excluding hydrogens is 486 g/mol. The molecule has 3 rings (SSSR count). The van der Waals surface area contributed by atoms with Gasteiger partial charge in [0.15, 0.2) is 0 Å². The van der Waals surface area contributed by atoms with Crippen molar-refractivity contribution in [1.82, 2.24) is 14.5 Å². The molecule has 0 saturated heterocycles. The predicted molar refractivity (Wildman–Crippen MR) is 121 cm³/mol. The molecule has 0 spiro atoms. The van der Waals surface area contributed by atoms with E-state index in [1.54, 1.807) is 18.2 Å². The first-order chi connectivity index (χ1) is 14.8. The topological polar surface area (TPSA) is 99.5 Å². The van der Waals surface area contributed by atoms with E-state index in [9.17, 15) is 13.2 Å². The van der Waals surface area contributed by atoms with E-state index in [-0.39, 0.29) is 29.3 Å². The molecule has 0 atom stereocenters. The number of halogens is 1. The average molecular weight is 508 g/mol. The number of methoxy groups -OCH3 is 1. The maximum absolute atomic E-state index is 12.7. The number of nitrogens with zero attached hydrogens (tertiary/aromatic N) is 2. The molecule has 164 valence electrons. The monoisotopic (exact) mass is 507 g/mol. The van der Waals surface area contributed by atoms with Gasteiger partial charge < -0.3 is 9.47 Å². The van der Waals surface area contributed by atoms with Crippen LogP contribution < -0.4 is 19.8 Å². The van der Waals surface area contributed by atoms with Crippen LogP contribution in [-0.2, 0) is 16.6 Å². The van der Waals surface area contributed by atoms with Crippen LogP contribution in [0.15, 0.2) is 68.8 Å². The maximum atomic E-state index is 12.7. The Bertz CT molecular complexity index is 1210. The first kappa shape index (κ1) is 23.0. The van der Waals surface area contributed by atoms with Crippen LogP contribution in [0.3, 0.4) is 0 Å². The smallest absolute Gasteiger partial charge is 0.266 e. The van der Waals surface area contributed by atoms with Crippen LogP contribution in [0.5, 0.6) is 11.5 Å². The van der Waals surface area contributed by atoms with Crippen molar-refractivity contribution in [2.75, 3.05) is 20.3 Å². The van der Waals surface area contributed by atoms with Crippen LogP contribution in [0, 0.1) is 0 Å². The van der Waals surface area contributed by atoms with Crippen molar-refractivity contribution < 1.29 is 17.9 Å². The number of aromatic nitrogens is 2. The van der Waals surface area contributed by atoms with Crippen molar-refractivity contribution in [2.24, 2.45) is 0 Å². The van der Waals surface area contributed by atoms with Crippen molar-refractivity contribution in [2.45, 2.75) is 18.4 Å². The van der Waals surface area contributed by atoms with E-state index in [1.807, 2.05) is 31.2 Å². The molecule has 31 heavy (non-hydrogen) atoms. The van der Waals surface area contributed by atoms with Gasteiger partial charge in [-0.3, -0.25) is 4.79 Å². The number of sulfonamides is 1. The van der Waals surface area contributed by atoms with Gasteiger partial charge in [-0.2, -0.15) is 5.10 Å². The number of ether oxygens (including phenoxy) is 2. The number of hydrogen-bond acceptors (Lipinski definition) is 6. The molecule has 0 fully saturated rings. The molecule has 0 amide bonds. The Balaban J connectivity index is 1.74. The van der Waals surface area contributed by atoms with Crippen LogP contribution in [-0.4, -0.2) is 38.5 Å². The molecule has 0 unspecified atom stereocenters. The third-order valence-electron chi connectivity index (χ3n) is 4.36. The summed E-state index contributed by atoms with van der Waals surface area (Å²) in [6, 6.07) is 15.1. The van der Waals surface area contributed by atoms with E-state index in [0.717, 1.165) is 11.3 Å². The average Bonchev–Trinajstić information content (AvgIpc) is 2.76. The lowest BCUT2D eigenvalue weighted by molar-refractivity contribution is 0.340. The quantitative estimate of drug-likeness (QED) is 0.477. The summed E-state index contributed by atoms with van der Waals surface area (Å²) < 4.78 is 40.3. The molecule has 3 aromatic rings. The lowest BCUT2D eigenvalue weighted by atomic mass is 10.1. The second-order valence-corrected chi connectivity index (χ2v) is 9.08. The van der Waals surface area contributed by atoms with E-state index in [0.29, 0.717) is 16.8 Å². The largest absolute Gasteiger partial charge is 0.495 e. The Morgan fingerprint density at radius 2 is 1.84 bits per heavy atom. The summed E-state index contributed by atoms with van der Waals surface area (Å²) in [6.07, 6.45) is 0. The van der Waals surface area contributed by atoms with E-state index >= 15 is 0 Å². The summed E-state index contributed by atoms with van der Waals surface area (Å²) in [4.78, 5) is 12.2. The fraction of sp³-hybridized carbons (Fsp3) is 0.238. The highest BCUT2D eigenvalue weighted by atomic mass is 79.9. The third-order valence-corrected chi connectivity index (χ3v) is 6.33. The third kappa shape index (κ3) is 5.72. The Labute approximate surface area is 189 Å². The molecule has 1 heterocycles. The van der Waals surface area contributed by atoms with Gasteiger partial charge in [-0.15, -0.1) is 0 Å². The van der Waals surface area contributed by atoms with Gasteiger partial charge in [0.25, 0.3) is 5.56 Å². The van der Waals surface area contributed by atoms with E-state index < -0.39 is 10.0 Å². The van der Waals surface area contributed by atoms with E-state index in [1.165, 1.54) is 23.9 Å². The minimum atomic E-state index is -3.84. The molecule has 1 N–H and O–H groups in total. The lowest BCUT2D eigenvalue weighted by Crippen LogP contribution is -2.32. The van der Waals surface area contributed by atoms with Crippen molar-refractivity contribution in [3.8, 4) is 22.8 Å². The molecule has 0 saturated carbocycles. The zero-order valence-electron chi connectivity index (χ0n) is 17.0. The fourth-order valence-electron chi connectivity index (χ4n) is 2.88. The Morgan fingerprint density at radius 1 is 1.10 bits per heavy atom. The first-order valence-corrected chi connectivity index (χ1v) is 11.8. The summed E-state index contributed by atoms with van der Waals surface area (Å²) in [5, 5.41) is 4.35.